The summed E-state index contributed by atoms with van der Waals surface area (Å²) in [5.74, 6) is 0.935. The molecule has 0 radical (unpaired) electrons. The SMILES string of the molecule is [2H]N([N+]#[C-])C(=O)Nc1cnc(-c2ccccc2)[nH]1. The highest BCUT2D eigenvalue weighted by atomic mass is 16.2. The number of anilines is 1. The zero-order valence-electron chi connectivity index (χ0n) is 9.71. The van der Waals surface area contributed by atoms with Gasteiger partial charge >= 0.3 is 6.03 Å². The molecule has 3 N–H and O–H groups in total. The van der Waals surface area contributed by atoms with Gasteiger partial charge in [0.05, 0.1) is 6.20 Å². The van der Waals surface area contributed by atoms with Gasteiger partial charge < -0.3 is 4.98 Å². The van der Waals surface area contributed by atoms with Crippen LogP contribution in [0.3, 0.4) is 0 Å². The molecule has 6 nitrogen and oxygen atoms in total. The lowest BCUT2D eigenvalue weighted by Gasteiger charge is -1.97. The highest BCUT2D eigenvalue weighted by Gasteiger charge is 2.06. The number of nitrogens with zero attached hydrogens (tertiary/aromatic N) is 2. The molecular weight excluding hydrogens is 218 g/mol. The zero-order chi connectivity index (χ0) is 13.0. The molecule has 2 amide bonds. The molecule has 0 fully saturated rings. The van der Waals surface area contributed by atoms with Crippen LogP contribution in [0.15, 0.2) is 36.5 Å². The molecule has 0 atom stereocenters. The van der Waals surface area contributed by atoms with Crippen LogP contribution in [0, 0.1) is 6.57 Å². The maximum absolute atomic E-state index is 11.3. The van der Waals surface area contributed by atoms with Crippen LogP contribution in [0.4, 0.5) is 10.6 Å². The van der Waals surface area contributed by atoms with E-state index in [9.17, 15) is 4.79 Å². The topological polar surface area (TPSA) is 74.2 Å². The quantitative estimate of drug-likeness (QED) is 0.543. The average Bonchev–Trinajstić information content (AvgIpc) is 2.87. The molecule has 1 aromatic heterocycles. The minimum atomic E-state index is -0.840. The molecular formula is C11H9N5O. The van der Waals surface area contributed by atoms with Crippen LogP contribution < -0.4 is 10.7 Å². The van der Waals surface area contributed by atoms with E-state index >= 15 is 0 Å². The maximum atomic E-state index is 11.3. The summed E-state index contributed by atoms with van der Waals surface area (Å²) in [6.45, 7) is 6.52. The second kappa shape index (κ2) is 4.81. The summed E-state index contributed by atoms with van der Waals surface area (Å²) in [5.41, 5.74) is 1.01. The molecule has 0 aliphatic heterocycles. The first-order chi connectivity index (χ1) is 8.70. The van der Waals surface area contributed by atoms with Gasteiger partial charge in [0.2, 0.25) is 0 Å². The van der Waals surface area contributed by atoms with Gasteiger partial charge in [0.25, 0.3) is 1.41 Å². The summed E-state index contributed by atoms with van der Waals surface area (Å²) >= 11 is 0. The second-order valence-corrected chi connectivity index (χ2v) is 3.14. The second-order valence-electron chi connectivity index (χ2n) is 3.14. The van der Waals surface area contributed by atoms with Crippen LogP contribution in [0.2, 0.25) is 1.41 Å². The van der Waals surface area contributed by atoms with E-state index in [2.05, 4.69) is 20.2 Å². The summed E-state index contributed by atoms with van der Waals surface area (Å²) in [6.07, 6.45) is 1.43. The summed E-state index contributed by atoms with van der Waals surface area (Å²) in [7, 11) is 0. The highest BCUT2D eigenvalue weighted by molar-refractivity contribution is 5.88. The Labute approximate surface area is 98.9 Å². The van der Waals surface area contributed by atoms with Crippen molar-refractivity contribution >= 4 is 11.8 Å². The fourth-order valence-corrected chi connectivity index (χ4v) is 1.31. The van der Waals surface area contributed by atoms with E-state index in [1.165, 1.54) is 6.20 Å². The lowest BCUT2D eigenvalue weighted by atomic mass is 10.2. The molecule has 84 valence electrons. The molecule has 0 saturated carbocycles. The largest absolute Gasteiger partial charge is 0.385 e. The van der Waals surface area contributed by atoms with E-state index in [1.54, 1.807) is 0 Å². The van der Waals surface area contributed by atoms with Gasteiger partial charge in [-0.05, 0) is 5.42 Å². The van der Waals surface area contributed by atoms with Crippen LogP contribution >= 0.6 is 0 Å². The third kappa shape index (κ3) is 2.60. The smallest absolute Gasteiger partial charge is 0.325 e. The molecule has 2 rings (SSSR count). The van der Waals surface area contributed by atoms with Gasteiger partial charge in [0.1, 0.15) is 11.6 Å². The molecule has 0 aliphatic carbocycles. The number of benzene rings is 1. The number of imidazole rings is 1. The predicted octanol–water partition coefficient (Wildman–Crippen LogP) is 2.03. The van der Waals surface area contributed by atoms with Gasteiger partial charge in [-0.1, -0.05) is 30.3 Å². The molecule has 0 saturated heterocycles. The Balaban J connectivity index is 2.13. The van der Waals surface area contributed by atoms with Crippen LogP contribution in [-0.4, -0.2) is 16.0 Å². The van der Waals surface area contributed by atoms with Crippen molar-refractivity contribution < 1.29 is 6.21 Å². The fourth-order valence-electron chi connectivity index (χ4n) is 1.31. The van der Waals surface area contributed by atoms with Crippen molar-refractivity contribution in [2.75, 3.05) is 5.32 Å². The van der Waals surface area contributed by atoms with E-state index in [0.29, 0.717) is 11.6 Å². The van der Waals surface area contributed by atoms with Crippen molar-refractivity contribution in [2.45, 2.75) is 0 Å². The Kier molecular flexibility index (Phi) is 2.66. The normalized spacial score (nSPS) is 10.2. The van der Waals surface area contributed by atoms with Gasteiger partial charge in [-0.25, -0.2) is 9.78 Å². The predicted molar refractivity (Wildman–Crippen MR) is 62.8 cm³/mol. The third-order valence-electron chi connectivity index (χ3n) is 2.01. The van der Waals surface area contributed by atoms with Crippen LogP contribution in [0.5, 0.6) is 0 Å². The number of hydrogen-bond acceptors (Lipinski definition) is 2. The van der Waals surface area contributed by atoms with Gasteiger partial charge in [0, 0.05) is 5.56 Å². The van der Waals surface area contributed by atoms with Gasteiger partial charge in [-0.2, -0.15) is 11.5 Å². The first-order valence-electron chi connectivity index (χ1n) is 5.23. The van der Waals surface area contributed by atoms with Crippen molar-refractivity contribution in [3.63, 3.8) is 0 Å². The fraction of sp³-hybridized carbons (Fsp3) is 0. The van der Waals surface area contributed by atoms with E-state index in [-0.39, 0.29) is 5.42 Å². The van der Waals surface area contributed by atoms with E-state index in [4.69, 9.17) is 7.98 Å². The number of aromatic nitrogens is 2. The summed E-state index contributed by atoms with van der Waals surface area (Å²) in [5, 5.41) is 2.35. The van der Waals surface area contributed by atoms with Crippen molar-refractivity contribution in [2.24, 2.45) is 0 Å². The maximum Gasteiger partial charge on any atom is 0.385 e. The number of nitrogens with one attached hydrogen (secondary N) is 3. The van der Waals surface area contributed by atoms with E-state index in [0.717, 1.165) is 5.56 Å². The Morgan fingerprint density at radius 1 is 1.47 bits per heavy atom. The van der Waals surface area contributed by atoms with Gasteiger partial charge in [-0.3, -0.25) is 5.32 Å². The van der Waals surface area contributed by atoms with Crippen molar-refractivity contribution in [1.82, 2.24) is 15.4 Å². The Morgan fingerprint density at radius 2 is 2.24 bits per heavy atom. The lowest BCUT2D eigenvalue weighted by Crippen LogP contribution is -2.22. The first kappa shape index (κ1) is 9.42. The number of urea groups is 1. The Morgan fingerprint density at radius 3 is 2.94 bits per heavy atom. The summed E-state index contributed by atoms with van der Waals surface area (Å²) in [4.78, 5) is 20.9. The molecule has 1 aromatic carbocycles. The number of aromatic amines is 1. The van der Waals surface area contributed by atoms with Crippen molar-refractivity contribution in [3.8, 4) is 11.4 Å². The van der Waals surface area contributed by atoms with Crippen molar-refractivity contribution in [1.29, 1.82) is 0 Å². The van der Waals surface area contributed by atoms with E-state index < -0.39 is 6.03 Å². The van der Waals surface area contributed by atoms with Gasteiger partial charge in [-0.15, -0.1) is 0 Å². The first-order valence-corrected chi connectivity index (χ1v) is 4.78. The standard InChI is InChI=1S/C11H9N5O/c1-12-16-11(17)15-9-7-13-10(14-9)8-5-3-2-4-6-8/h2-7H,(H,13,14)(H2,15,16,17)/i/hD. The molecule has 0 bridgehead atoms. The zero-order valence-corrected chi connectivity index (χ0v) is 8.71. The molecule has 1 heterocycles. The third-order valence-corrected chi connectivity index (χ3v) is 2.01. The molecule has 2 aromatic rings. The average molecular weight is 228 g/mol. The highest BCUT2D eigenvalue weighted by Crippen LogP contribution is 2.16. The van der Waals surface area contributed by atoms with E-state index in [1.807, 2.05) is 30.3 Å². The van der Waals surface area contributed by atoms with Gasteiger partial charge in [0.15, 0.2) is 0 Å². The number of H-pyrrole nitrogens is 1. The summed E-state index contributed by atoms with van der Waals surface area (Å²) < 4.78 is 6.98. The minimum absolute atomic E-state index is 0.128. The Hall–Kier alpha value is -2.81. The lowest BCUT2D eigenvalue weighted by molar-refractivity contribution is 0.255. The molecule has 0 spiro atoms. The molecule has 0 aliphatic rings. The van der Waals surface area contributed by atoms with Crippen LogP contribution in [0.25, 0.3) is 16.3 Å². The molecule has 0 unspecified atom stereocenters. The van der Waals surface area contributed by atoms with Crippen LogP contribution in [0.1, 0.15) is 0 Å². The minimum Gasteiger partial charge on any atom is -0.325 e. The number of amides is 2. The van der Waals surface area contributed by atoms with Crippen molar-refractivity contribution in [3.05, 3.63) is 48.1 Å². The number of hydrogen-bond donors (Lipinski definition) is 3. The summed E-state index contributed by atoms with van der Waals surface area (Å²) in [6, 6.07) is 8.55. The Bertz CT molecular complexity index is 589. The molecule has 6 heteroatoms. The number of carbonyl (C=O) groups excluding carboxylic acids is 1. The number of rotatable bonds is 2. The monoisotopic (exact) mass is 228 g/mol. The molecule has 17 heavy (non-hydrogen) atoms. The number of carbonyl (C=O) groups is 1. The van der Waals surface area contributed by atoms with Crippen LogP contribution in [-0.2, 0) is 0 Å².